The van der Waals surface area contributed by atoms with Gasteiger partial charge in [-0.1, -0.05) is 67.6 Å². The minimum Gasteiger partial charge on any atom is -0.261 e. The van der Waals surface area contributed by atoms with Crippen LogP contribution < -0.4 is 0 Å². The summed E-state index contributed by atoms with van der Waals surface area (Å²) >= 11 is 0. The standard InChI is InChI=1S/C23H19N/c1-17(18-7-3-2-4-8-18)16-24-23-12-11-21-13-19-9-5-6-10-20(19)14-22(21)15-23/h2-17H,1H3. The molecule has 0 heterocycles. The van der Waals surface area contributed by atoms with Gasteiger partial charge in [-0.3, -0.25) is 4.99 Å². The number of hydrogen-bond acceptors (Lipinski definition) is 1. The Hall–Kier alpha value is -2.93. The Balaban J connectivity index is 1.67. The monoisotopic (exact) mass is 309 g/mol. The summed E-state index contributed by atoms with van der Waals surface area (Å²) in [6.07, 6.45) is 2.03. The maximum atomic E-state index is 4.69. The lowest BCUT2D eigenvalue weighted by atomic mass is 10.0. The number of hydrogen-bond donors (Lipinski definition) is 0. The van der Waals surface area contributed by atoms with Crippen molar-refractivity contribution in [3.8, 4) is 0 Å². The quantitative estimate of drug-likeness (QED) is 0.302. The van der Waals surface area contributed by atoms with E-state index in [0.717, 1.165) is 5.69 Å². The molecule has 116 valence electrons. The van der Waals surface area contributed by atoms with Gasteiger partial charge in [-0.25, -0.2) is 0 Å². The number of rotatable bonds is 3. The van der Waals surface area contributed by atoms with Crippen LogP contribution in [0.15, 0.2) is 89.9 Å². The molecule has 0 saturated heterocycles. The van der Waals surface area contributed by atoms with Crippen LogP contribution in [0, 0.1) is 0 Å². The van der Waals surface area contributed by atoms with Gasteiger partial charge < -0.3 is 0 Å². The Labute approximate surface area is 142 Å². The molecule has 1 nitrogen and oxygen atoms in total. The molecule has 0 aromatic heterocycles. The lowest BCUT2D eigenvalue weighted by molar-refractivity contribution is 1.04. The largest absolute Gasteiger partial charge is 0.261 e. The number of benzene rings is 4. The van der Waals surface area contributed by atoms with E-state index in [-0.39, 0.29) is 0 Å². The van der Waals surface area contributed by atoms with Crippen LogP contribution in [0.1, 0.15) is 18.4 Å². The lowest BCUT2D eigenvalue weighted by Crippen LogP contribution is -1.93. The van der Waals surface area contributed by atoms with Gasteiger partial charge >= 0.3 is 0 Å². The second kappa shape index (κ2) is 6.29. The molecule has 0 radical (unpaired) electrons. The minimum atomic E-state index is 0.304. The van der Waals surface area contributed by atoms with Crippen molar-refractivity contribution in [3.05, 3.63) is 90.5 Å². The molecule has 1 heteroatoms. The van der Waals surface area contributed by atoms with Crippen molar-refractivity contribution >= 4 is 33.4 Å². The summed E-state index contributed by atoms with van der Waals surface area (Å²) < 4.78 is 0. The third kappa shape index (κ3) is 2.93. The van der Waals surface area contributed by atoms with Crippen molar-refractivity contribution in [1.29, 1.82) is 0 Å². The Morgan fingerprint density at radius 2 is 1.29 bits per heavy atom. The van der Waals surface area contributed by atoms with E-state index in [2.05, 4.69) is 90.8 Å². The second-order valence-electron chi connectivity index (χ2n) is 6.21. The van der Waals surface area contributed by atoms with E-state index < -0.39 is 0 Å². The molecule has 1 atom stereocenters. The first-order valence-electron chi connectivity index (χ1n) is 8.31. The van der Waals surface area contributed by atoms with Gasteiger partial charge in [-0.15, -0.1) is 0 Å². The van der Waals surface area contributed by atoms with Gasteiger partial charge in [0, 0.05) is 12.1 Å². The molecule has 0 aliphatic carbocycles. The van der Waals surface area contributed by atoms with Crippen molar-refractivity contribution in [2.45, 2.75) is 12.8 Å². The maximum Gasteiger partial charge on any atom is 0.0632 e. The van der Waals surface area contributed by atoms with E-state index in [1.165, 1.54) is 27.1 Å². The zero-order valence-corrected chi connectivity index (χ0v) is 13.7. The molecule has 0 aliphatic rings. The number of fused-ring (bicyclic) bond motifs is 2. The summed E-state index contributed by atoms with van der Waals surface area (Å²) in [5.74, 6) is 0.304. The predicted octanol–water partition coefficient (Wildman–Crippen LogP) is 6.50. The molecule has 0 saturated carbocycles. The fraction of sp³-hybridized carbons (Fsp3) is 0.0870. The normalized spacial score (nSPS) is 12.9. The van der Waals surface area contributed by atoms with Crippen LogP contribution in [-0.2, 0) is 0 Å². The van der Waals surface area contributed by atoms with Crippen LogP contribution in [0.2, 0.25) is 0 Å². The smallest absolute Gasteiger partial charge is 0.0632 e. The molecule has 0 spiro atoms. The second-order valence-corrected chi connectivity index (χ2v) is 6.21. The Bertz CT molecular complexity index is 1020. The predicted molar refractivity (Wildman–Crippen MR) is 104 cm³/mol. The van der Waals surface area contributed by atoms with Crippen LogP contribution in [0.25, 0.3) is 21.5 Å². The highest BCUT2D eigenvalue weighted by Crippen LogP contribution is 2.26. The van der Waals surface area contributed by atoms with Gasteiger partial charge in [-0.2, -0.15) is 0 Å². The summed E-state index contributed by atoms with van der Waals surface area (Å²) in [6.45, 7) is 2.17. The third-order valence-corrected chi connectivity index (χ3v) is 4.46. The highest BCUT2D eigenvalue weighted by atomic mass is 14.7. The molecule has 0 aliphatic heterocycles. The van der Waals surface area contributed by atoms with Crippen molar-refractivity contribution in [1.82, 2.24) is 0 Å². The summed E-state index contributed by atoms with van der Waals surface area (Å²) in [5.41, 5.74) is 2.29. The van der Waals surface area contributed by atoms with E-state index in [4.69, 9.17) is 0 Å². The average Bonchev–Trinajstić information content (AvgIpc) is 2.65. The van der Waals surface area contributed by atoms with E-state index in [0.29, 0.717) is 5.92 Å². The summed E-state index contributed by atoms with van der Waals surface area (Å²) in [4.78, 5) is 4.69. The van der Waals surface area contributed by atoms with Crippen LogP contribution in [0.3, 0.4) is 0 Å². The van der Waals surface area contributed by atoms with Crippen LogP contribution >= 0.6 is 0 Å². The molecule has 4 aromatic rings. The first-order valence-corrected chi connectivity index (χ1v) is 8.31. The van der Waals surface area contributed by atoms with Crippen LogP contribution in [-0.4, -0.2) is 6.21 Å². The van der Waals surface area contributed by atoms with Gasteiger partial charge in [0.25, 0.3) is 0 Å². The summed E-state index contributed by atoms with van der Waals surface area (Å²) in [6, 6.07) is 29.8. The summed E-state index contributed by atoms with van der Waals surface area (Å²) in [7, 11) is 0. The SMILES string of the molecule is CC(C=Nc1ccc2cc3ccccc3cc2c1)c1ccccc1. The van der Waals surface area contributed by atoms with Crippen molar-refractivity contribution in [3.63, 3.8) is 0 Å². The first kappa shape index (κ1) is 14.6. The Morgan fingerprint density at radius 1 is 0.667 bits per heavy atom. The fourth-order valence-corrected chi connectivity index (χ4v) is 3.05. The molecule has 24 heavy (non-hydrogen) atoms. The molecule has 0 fully saturated rings. The molecule has 0 bridgehead atoms. The van der Waals surface area contributed by atoms with Crippen molar-refractivity contribution < 1.29 is 0 Å². The lowest BCUT2D eigenvalue weighted by Gasteiger charge is -2.06. The van der Waals surface area contributed by atoms with Gasteiger partial charge in [-0.05, 0) is 51.4 Å². The van der Waals surface area contributed by atoms with E-state index in [1.54, 1.807) is 0 Å². The average molecular weight is 309 g/mol. The van der Waals surface area contributed by atoms with E-state index in [1.807, 2.05) is 12.3 Å². The zero-order chi connectivity index (χ0) is 16.4. The van der Waals surface area contributed by atoms with Crippen LogP contribution in [0.5, 0.6) is 0 Å². The Morgan fingerprint density at radius 3 is 2.04 bits per heavy atom. The topological polar surface area (TPSA) is 12.4 Å². The molecule has 0 amide bonds. The summed E-state index contributed by atoms with van der Waals surface area (Å²) in [5, 5.41) is 5.03. The van der Waals surface area contributed by atoms with E-state index in [9.17, 15) is 0 Å². The van der Waals surface area contributed by atoms with Gasteiger partial charge in [0.2, 0.25) is 0 Å². The third-order valence-electron chi connectivity index (χ3n) is 4.46. The number of aliphatic imine (C=N–C) groups is 1. The molecular weight excluding hydrogens is 290 g/mol. The minimum absolute atomic E-state index is 0.304. The first-order chi connectivity index (χ1) is 11.8. The Kier molecular flexibility index (Phi) is 3.84. The van der Waals surface area contributed by atoms with Crippen molar-refractivity contribution in [2.75, 3.05) is 0 Å². The van der Waals surface area contributed by atoms with Gasteiger partial charge in [0.1, 0.15) is 0 Å². The van der Waals surface area contributed by atoms with Crippen molar-refractivity contribution in [2.24, 2.45) is 4.99 Å². The highest BCUT2D eigenvalue weighted by molar-refractivity contribution is 5.99. The molecule has 4 aromatic carbocycles. The van der Waals surface area contributed by atoms with Crippen LogP contribution in [0.4, 0.5) is 5.69 Å². The molecular formula is C23H19N. The molecule has 1 unspecified atom stereocenters. The fourth-order valence-electron chi connectivity index (χ4n) is 3.05. The van der Waals surface area contributed by atoms with Gasteiger partial charge in [0.05, 0.1) is 5.69 Å². The maximum absolute atomic E-state index is 4.69. The number of nitrogens with zero attached hydrogens (tertiary/aromatic N) is 1. The highest BCUT2D eigenvalue weighted by Gasteiger charge is 2.02. The molecule has 4 rings (SSSR count). The zero-order valence-electron chi connectivity index (χ0n) is 13.7. The van der Waals surface area contributed by atoms with E-state index >= 15 is 0 Å². The molecule has 0 N–H and O–H groups in total. The van der Waals surface area contributed by atoms with Gasteiger partial charge in [0.15, 0.2) is 0 Å².